The molecule has 38 heavy (non-hydrogen) atoms. The molecular formula is C32H34FNO3S. The Labute approximate surface area is 229 Å². The predicted octanol–water partition coefficient (Wildman–Crippen LogP) is 7.35. The number of benzene rings is 4. The van der Waals surface area contributed by atoms with E-state index in [1.54, 1.807) is 18.4 Å². The fraction of sp³-hybridized carbons (Fsp3) is 0.281. The average molecular weight is 532 g/mol. The highest BCUT2D eigenvalue weighted by Crippen LogP contribution is 2.29. The van der Waals surface area contributed by atoms with Crippen molar-refractivity contribution in [3.63, 3.8) is 0 Å². The van der Waals surface area contributed by atoms with E-state index in [2.05, 4.69) is 12.6 Å². The Hall–Kier alpha value is -3.51. The number of fused-ring (bicyclic) bond motifs is 2. The van der Waals surface area contributed by atoms with Gasteiger partial charge in [0.15, 0.2) is 0 Å². The molecule has 4 aromatic rings. The highest BCUT2D eigenvalue weighted by Gasteiger charge is 2.32. The molecule has 0 fully saturated rings. The number of hydrogen-bond acceptors (Lipinski definition) is 4. The van der Waals surface area contributed by atoms with Gasteiger partial charge in [-0.15, -0.1) is 0 Å². The molecule has 0 saturated carbocycles. The van der Waals surface area contributed by atoms with Crippen molar-refractivity contribution in [2.24, 2.45) is 0 Å². The van der Waals surface area contributed by atoms with E-state index in [1.807, 2.05) is 92.4 Å². The lowest BCUT2D eigenvalue weighted by Crippen LogP contribution is -2.47. The van der Waals surface area contributed by atoms with E-state index in [9.17, 15) is 9.18 Å². The number of carbonyl (C=O) groups excluding carboxylic acids is 1. The first-order valence-corrected chi connectivity index (χ1v) is 13.6. The summed E-state index contributed by atoms with van der Waals surface area (Å²) in [6.07, 6.45) is 2.22. The van der Waals surface area contributed by atoms with Gasteiger partial charge in [0.05, 0.1) is 6.04 Å². The monoisotopic (exact) mass is 531 g/mol. The molecule has 4 aromatic carbocycles. The minimum Gasteiger partial charge on any atom is -0.491 e. The van der Waals surface area contributed by atoms with Crippen molar-refractivity contribution in [2.75, 3.05) is 12.9 Å². The van der Waals surface area contributed by atoms with Crippen molar-refractivity contribution in [2.45, 2.75) is 45.4 Å². The number of thiol groups is 1. The van der Waals surface area contributed by atoms with Gasteiger partial charge in [0.1, 0.15) is 29.5 Å². The third-order valence-electron chi connectivity index (χ3n) is 6.38. The molecule has 4 nitrogen and oxygen atoms in total. The number of halogens is 1. The van der Waals surface area contributed by atoms with Crippen LogP contribution in [0.15, 0.2) is 84.9 Å². The maximum atomic E-state index is 14.0. The Morgan fingerprint density at radius 1 is 0.921 bits per heavy atom. The summed E-state index contributed by atoms with van der Waals surface area (Å²) in [4.78, 5) is 15.7. The van der Waals surface area contributed by atoms with Crippen molar-refractivity contribution in [1.29, 1.82) is 0 Å². The maximum absolute atomic E-state index is 14.0. The Morgan fingerprint density at radius 2 is 1.61 bits per heavy atom. The van der Waals surface area contributed by atoms with Crippen molar-refractivity contribution in [1.82, 2.24) is 4.90 Å². The van der Waals surface area contributed by atoms with E-state index in [-0.39, 0.29) is 23.4 Å². The van der Waals surface area contributed by atoms with Crippen LogP contribution in [0, 0.1) is 5.82 Å². The van der Waals surface area contributed by atoms with Gasteiger partial charge in [-0.2, -0.15) is 12.6 Å². The van der Waals surface area contributed by atoms with Crippen molar-refractivity contribution < 1.29 is 18.7 Å². The number of hydrogen-bond donors (Lipinski definition) is 1. The molecule has 0 radical (unpaired) electrons. The molecule has 5 rings (SSSR count). The molecule has 0 bridgehead atoms. The summed E-state index contributed by atoms with van der Waals surface area (Å²) in [5, 5.41) is 1.94. The molecule has 1 amide bonds. The molecule has 198 valence electrons. The van der Waals surface area contributed by atoms with Gasteiger partial charge in [-0.05, 0) is 97.8 Å². The normalized spacial score (nSPS) is 14.8. The van der Waals surface area contributed by atoms with Crippen molar-refractivity contribution in [3.05, 3.63) is 107 Å². The maximum Gasteiger partial charge on any atom is 0.255 e. The minimum atomic E-state index is -0.282. The first kappa shape index (κ1) is 27.5. The Bertz CT molecular complexity index is 1390. The second-order valence-corrected chi connectivity index (χ2v) is 10.2. The molecule has 0 saturated heterocycles. The average Bonchev–Trinajstić information content (AvgIpc) is 2.91. The van der Waals surface area contributed by atoms with Crippen LogP contribution in [0.25, 0.3) is 10.8 Å². The zero-order chi connectivity index (χ0) is 27.3. The van der Waals surface area contributed by atoms with Crippen LogP contribution < -0.4 is 9.47 Å². The molecule has 0 spiro atoms. The van der Waals surface area contributed by atoms with E-state index in [4.69, 9.17) is 9.47 Å². The van der Waals surface area contributed by atoms with Gasteiger partial charge < -0.3 is 14.4 Å². The van der Waals surface area contributed by atoms with E-state index >= 15 is 0 Å². The standard InChI is InChI=1S/C31H30FNO3.CH4S/c1-31(2,3)36-27-15-13-26(14-16-27)35-20-25-18-23-17-24(32)12-11-22(23)19-33(25)30(34)29-10-6-8-21-7-4-5-9-28(21)29;1-2/h4-17,25H,18-20H2,1-3H3;2H,1H3. The summed E-state index contributed by atoms with van der Waals surface area (Å²) in [6.45, 7) is 6.71. The molecule has 0 aromatic heterocycles. The molecule has 1 heterocycles. The number of ether oxygens (including phenoxy) is 2. The summed E-state index contributed by atoms with van der Waals surface area (Å²) < 4.78 is 26.0. The molecule has 1 atom stereocenters. The van der Waals surface area contributed by atoms with Gasteiger partial charge in [-0.25, -0.2) is 4.39 Å². The third-order valence-corrected chi connectivity index (χ3v) is 6.38. The Balaban J connectivity index is 0.00000164. The van der Waals surface area contributed by atoms with Gasteiger partial charge >= 0.3 is 0 Å². The van der Waals surface area contributed by atoms with Crippen LogP contribution in [0.4, 0.5) is 4.39 Å². The third kappa shape index (κ3) is 6.48. The predicted molar refractivity (Wildman–Crippen MR) is 155 cm³/mol. The summed E-state index contributed by atoms with van der Waals surface area (Å²) in [7, 11) is 0. The SMILES string of the molecule is CC(C)(C)Oc1ccc(OCC2Cc3cc(F)ccc3CN2C(=O)c2cccc3ccccc23)cc1.CS. The zero-order valence-electron chi connectivity index (χ0n) is 22.3. The van der Waals surface area contributed by atoms with E-state index in [0.717, 1.165) is 27.6 Å². The highest BCUT2D eigenvalue weighted by atomic mass is 32.1. The largest absolute Gasteiger partial charge is 0.491 e. The molecule has 1 unspecified atom stereocenters. The Kier molecular flexibility index (Phi) is 8.62. The van der Waals surface area contributed by atoms with Crippen LogP contribution in [0.2, 0.25) is 0 Å². The lowest BCUT2D eigenvalue weighted by Gasteiger charge is -2.37. The van der Waals surface area contributed by atoms with Crippen molar-refractivity contribution >= 4 is 29.3 Å². The minimum absolute atomic E-state index is 0.0516. The van der Waals surface area contributed by atoms with E-state index in [0.29, 0.717) is 30.9 Å². The van der Waals surface area contributed by atoms with Crippen molar-refractivity contribution in [3.8, 4) is 11.5 Å². The summed E-state index contributed by atoms with van der Waals surface area (Å²) in [5.74, 6) is 1.14. The van der Waals surface area contributed by atoms with Crippen LogP contribution in [0.5, 0.6) is 11.5 Å². The summed E-state index contributed by atoms with van der Waals surface area (Å²) >= 11 is 3.53. The van der Waals surface area contributed by atoms with Gasteiger partial charge in [0.25, 0.3) is 5.91 Å². The first-order chi connectivity index (χ1) is 18.3. The molecule has 0 N–H and O–H groups in total. The number of carbonyl (C=O) groups is 1. The fourth-order valence-electron chi connectivity index (χ4n) is 4.72. The van der Waals surface area contributed by atoms with Crippen LogP contribution in [0.3, 0.4) is 0 Å². The lowest BCUT2D eigenvalue weighted by atomic mass is 9.93. The van der Waals surface area contributed by atoms with Gasteiger partial charge in [-0.3, -0.25) is 4.79 Å². The molecule has 0 aliphatic carbocycles. The van der Waals surface area contributed by atoms with Gasteiger partial charge in [0.2, 0.25) is 0 Å². The second kappa shape index (κ2) is 11.9. The quantitative estimate of drug-likeness (QED) is 0.274. The van der Waals surface area contributed by atoms with Crippen LogP contribution in [-0.4, -0.2) is 35.3 Å². The smallest absolute Gasteiger partial charge is 0.255 e. The number of rotatable bonds is 5. The summed E-state index contributed by atoms with van der Waals surface area (Å²) in [5.41, 5.74) is 2.26. The van der Waals surface area contributed by atoms with Gasteiger partial charge in [-0.1, -0.05) is 42.5 Å². The zero-order valence-corrected chi connectivity index (χ0v) is 23.2. The topological polar surface area (TPSA) is 38.8 Å². The lowest BCUT2D eigenvalue weighted by molar-refractivity contribution is 0.0568. The summed E-state index contributed by atoms with van der Waals surface area (Å²) in [6, 6.07) is 25.8. The fourth-order valence-corrected chi connectivity index (χ4v) is 4.72. The first-order valence-electron chi connectivity index (χ1n) is 12.7. The van der Waals surface area contributed by atoms with Gasteiger partial charge in [0, 0.05) is 12.1 Å². The Morgan fingerprint density at radius 3 is 2.34 bits per heavy atom. The van der Waals surface area contributed by atoms with Crippen LogP contribution >= 0.6 is 12.6 Å². The van der Waals surface area contributed by atoms with E-state index in [1.165, 1.54) is 6.07 Å². The number of nitrogens with zero attached hydrogens (tertiary/aromatic N) is 1. The highest BCUT2D eigenvalue weighted by molar-refractivity contribution is 7.79. The molecule has 1 aliphatic rings. The van der Waals surface area contributed by atoms with E-state index < -0.39 is 0 Å². The number of amides is 1. The second-order valence-electron chi connectivity index (χ2n) is 10.2. The molecule has 6 heteroatoms. The molecule has 1 aliphatic heterocycles. The van der Waals surface area contributed by atoms with Crippen LogP contribution in [-0.2, 0) is 13.0 Å². The molecular weight excluding hydrogens is 497 g/mol. The van der Waals surface area contributed by atoms with Crippen LogP contribution in [0.1, 0.15) is 42.3 Å².